The van der Waals surface area contributed by atoms with Crippen molar-refractivity contribution in [2.75, 3.05) is 25.6 Å². The molecule has 1 aliphatic heterocycles. The monoisotopic (exact) mass is 341 g/mol. The molecule has 23 heavy (non-hydrogen) atoms. The number of aliphatic imine (C=N–C) groups is 1. The van der Waals surface area contributed by atoms with E-state index in [-0.39, 0.29) is 27.3 Å². The maximum atomic E-state index is 14.4. The van der Waals surface area contributed by atoms with Gasteiger partial charge in [0.2, 0.25) is 0 Å². The van der Waals surface area contributed by atoms with E-state index in [0.717, 1.165) is 0 Å². The van der Waals surface area contributed by atoms with Crippen molar-refractivity contribution >= 4 is 22.6 Å². The van der Waals surface area contributed by atoms with E-state index in [0.29, 0.717) is 18.9 Å². The molecule has 2 unspecified atom stereocenters. The van der Waals surface area contributed by atoms with Gasteiger partial charge in [-0.25, -0.2) is 13.8 Å². The summed E-state index contributed by atoms with van der Waals surface area (Å²) in [6, 6.07) is 4.18. The van der Waals surface area contributed by atoms with Crippen molar-refractivity contribution in [3.8, 4) is 0 Å². The number of ether oxygens (including phenoxy) is 1. The van der Waals surface area contributed by atoms with Gasteiger partial charge in [0.1, 0.15) is 18.0 Å². The first-order chi connectivity index (χ1) is 10.9. The van der Waals surface area contributed by atoms with Crippen LogP contribution in [0.2, 0.25) is 0 Å². The zero-order chi connectivity index (χ0) is 16.8. The fourth-order valence-corrected chi connectivity index (χ4v) is 5.38. The largest absolute Gasteiger partial charge is 0.399 e. The maximum Gasteiger partial charge on any atom is 0.155 e. The molecule has 0 aromatic heterocycles. The summed E-state index contributed by atoms with van der Waals surface area (Å²) >= 11 is 1.42. The second-order valence-corrected chi connectivity index (χ2v) is 7.59. The van der Waals surface area contributed by atoms with Crippen LogP contribution in [0.25, 0.3) is 0 Å². The highest BCUT2D eigenvalue weighted by atomic mass is 32.2. The van der Waals surface area contributed by atoms with Gasteiger partial charge in [-0.05, 0) is 31.0 Å². The molecule has 0 radical (unpaired) electrons. The van der Waals surface area contributed by atoms with Crippen molar-refractivity contribution in [2.24, 2.45) is 22.6 Å². The Morgan fingerprint density at radius 1 is 1.39 bits per heavy atom. The fraction of sp³-hybridized carbons (Fsp3) is 0.562. The molecule has 1 aromatic carbocycles. The summed E-state index contributed by atoms with van der Waals surface area (Å²) < 4.78 is 33.9. The molecule has 4 atom stereocenters. The Morgan fingerprint density at radius 3 is 2.78 bits per heavy atom. The van der Waals surface area contributed by atoms with Crippen molar-refractivity contribution in [3.05, 3.63) is 29.6 Å². The fourth-order valence-electron chi connectivity index (χ4n) is 3.86. The van der Waals surface area contributed by atoms with Crippen LogP contribution in [0.3, 0.4) is 0 Å². The van der Waals surface area contributed by atoms with Gasteiger partial charge >= 0.3 is 0 Å². The van der Waals surface area contributed by atoms with Crippen molar-refractivity contribution in [2.45, 2.75) is 24.1 Å². The van der Waals surface area contributed by atoms with E-state index in [4.69, 9.17) is 16.2 Å². The van der Waals surface area contributed by atoms with Crippen molar-refractivity contribution in [1.82, 2.24) is 0 Å². The van der Waals surface area contributed by atoms with Crippen LogP contribution < -0.4 is 11.5 Å². The van der Waals surface area contributed by atoms with E-state index >= 15 is 0 Å². The van der Waals surface area contributed by atoms with Crippen molar-refractivity contribution in [3.63, 3.8) is 0 Å². The number of nitrogen functional groups attached to an aromatic ring is 1. The highest BCUT2D eigenvalue weighted by Gasteiger charge is 2.73. The van der Waals surface area contributed by atoms with E-state index in [2.05, 4.69) is 4.99 Å². The van der Waals surface area contributed by atoms with Crippen molar-refractivity contribution < 1.29 is 13.5 Å². The number of fused-ring (bicyclic) bond motifs is 1. The second kappa shape index (κ2) is 5.63. The Bertz CT molecular complexity index is 656. The van der Waals surface area contributed by atoms with Crippen LogP contribution in [0.4, 0.5) is 14.5 Å². The summed E-state index contributed by atoms with van der Waals surface area (Å²) in [5.41, 5.74) is 11.0. The number of hydrogen-bond acceptors (Lipinski definition) is 5. The number of thioether (sulfide) groups is 1. The zero-order valence-corrected chi connectivity index (χ0v) is 14.0. The van der Waals surface area contributed by atoms with Crippen LogP contribution in [0.15, 0.2) is 23.2 Å². The van der Waals surface area contributed by atoms with Gasteiger partial charge in [0.25, 0.3) is 0 Å². The summed E-state index contributed by atoms with van der Waals surface area (Å²) in [6.07, 6.45) is 0. The molecule has 1 aromatic rings. The van der Waals surface area contributed by atoms with Crippen LogP contribution in [0.5, 0.6) is 0 Å². The lowest BCUT2D eigenvalue weighted by molar-refractivity contribution is 0.133. The molecule has 1 heterocycles. The number of nitrogens with two attached hydrogens (primary N) is 2. The standard InChI is InChI=1S/C16H21F2N3OS/c1-3-22-8-16-9(2)13(16)15(7-17,21-14(20)23-16)11-6-10(19)4-5-12(11)18/h4-6,9,13H,3,7-8,19H2,1-2H3,(H2,20,21)/t9?,13?,15-,16+/m1/s1. The first kappa shape index (κ1) is 16.5. The Labute approximate surface area is 138 Å². The molecule has 3 rings (SSSR count). The zero-order valence-electron chi connectivity index (χ0n) is 13.2. The minimum atomic E-state index is -1.33. The minimum absolute atomic E-state index is 0.112. The third kappa shape index (κ3) is 2.32. The molecule has 1 fully saturated rings. The summed E-state index contributed by atoms with van der Waals surface area (Å²) in [4.78, 5) is 4.36. The molecular weight excluding hydrogens is 320 g/mol. The number of rotatable bonds is 5. The predicted octanol–water partition coefficient (Wildman–Crippen LogP) is 2.68. The lowest BCUT2D eigenvalue weighted by Crippen LogP contribution is -2.41. The Kier molecular flexibility index (Phi) is 4.04. The molecule has 1 saturated carbocycles. The van der Waals surface area contributed by atoms with Crippen LogP contribution in [-0.4, -0.2) is 29.8 Å². The number of benzene rings is 1. The lowest BCUT2D eigenvalue weighted by Gasteiger charge is -2.35. The Hall–Kier alpha value is -1.34. The molecule has 7 heteroatoms. The van der Waals surface area contributed by atoms with E-state index in [1.54, 1.807) is 0 Å². The van der Waals surface area contributed by atoms with Crippen LogP contribution in [-0.2, 0) is 10.3 Å². The molecule has 1 aliphatic carbocycles. The summed E-state index contributed by atoms with van der Waals surface area (Å²) in [5, 5.41) is 0.268. The minimum Gasteiger partial charge on any atom is -0.399 e. The average Bonchev–Trinajstić information content (AvgIpc) is 3.11. The van der Waals surface area contributed by atoms with Crippen LogP contribution in [0, 0.1) is 17.7 Å². The van der Waals surface area contributed by atoms with Gasteiger partial charge in [-0.15, -0.1) is 0 Å². The third-order valence-electron chi connectivity index (χ3n) is 5.00. The van der Waals surface area contributed by atoms with E-state index in [1.165, 1.54) is 30.0 Å². The number of amidine groups is 1. The first-order valence-electron chi connectivity index (χ1n) is 7.65. The Morgan fingerprint density at radius 2 is 2.13 bits per heavy atom. The first-order valence-corrected chi connectivity index (χ1v) is 8.46. The molecule has 2 aliphatic rings. The van der Waals surface area contributed by atoms with Crippen molar-refractivity contribution in [1.29, 1.82) is 0 Å². The smallest absolute Gasteiger partial charge is 0.155 e. The van der Waals surface area contributed by atoms with Crippen LogP contribution >= 0.6 is 11.8 Å². The summed E-state index contributed by atoms with van der Waals surface area (Å²) in [7, 11) is 0. The maximum absolute atomic E-state index is 14.4. The van der Waals surface area contributed by atoms with Gasteiger partial charge in [-0.2, -0.15) is 0 Å². The summed E-state index contributed by atoms with van der Waals surface area (Å²) in [5.74, 6) is -0.578. The third-order valence-corrected chi connectivity index (χ3v) is 6.42. The van der Waals surface area contributed by atoms with E-state index in [1.807, 2.05) is 13.8 Å². The highest BCUT2D eigenvalue weighted by Crippen LogP contribution is 2.70. The SMILES string of the molecule is CCOC[C@@]12SC(N)=N[C@](CF)(c3cc(N)ccc3F)C1C2C. The van der Waals surface area contributed by atoms with Gasteiger partial charge in [-0.1, -0.05) is 18.7 Å². The van der Waals surface area contributed by atoms with Gasteiger partial charge in [-0.3, -0.25) is 0 Å². The molecular formula is C16H21F2N3OS. The molecule has 0 bridgehead atoms. The normalized spacial score (nSPS) is 35.6. The number of nitrogens with zero attached hydrogens (tertiary/aromatic N) is 1. The second-order valence-electron chi connectivity index (χ2n) is 6.21. The predicted molar refractivity (Wildman–Crippen MR) is 89.6 cm³/mol. The number of hydrogen-bond donors (Lipinski definition) is 2. The lowest BCUT2D eigenvalue weighted by atomic mass is 9.84. The van der Waals surface area contributed by atoms with Gasteiger partial charge in [0, 0.05) is 23.8 Å². The van der Waals surface area contributed by atoms with Gasteiger partial charge in [0.15, 0.2) is 5.17 Å². The summed E-state index contributed by atoms with van der Waals surface area (Å²) in [6.45, 7) is 4.11. The number of halogens is 2. The van der Waals surface area contributed by atoms with Gasteiger partial charge in [0.05, 0.1) is 11.4 Å². The molecule has 0 amide bonds. The molecule has 4 nitrogen and oxygen atoms in total. The number of anilines is 1. The quantitative estimate of drug-likeness (QED) is 0.808. The number of alkyl halides is 1. The van der Waals surface area contributed by atoms with E-state index in [9.17, 15) is 8.78 Å². The van der Waals surface area contributed by atoms with Gasteiger partial charge < -0.3 is 16.2 Å². The average molecular weight is 341 g/mol. The van der Waals surface area contributed by atoms with E-state index < -0.39 is 18.0 Å². The molecule has 126 valence electrons. The topological polar surface area (TPSA) is 73.6 Å². The highest BCUT2D eigenvalue weighted by molar-refractivity contribution is 8.15. The molecule has 0 saturated heterocycles. The molecule has 4 N–H and O–H groups in total. The van der Waals surface area contributed by atoms with Crippen LogP contribution in [0.1, 0.15) is 19.4 Å². The molecule has 0 spiro atoms. The Balaban J connectivity index is 2.11.